The Labute approximate surface area is 133 Å². The highest BCUT2D eigenvalue weighted by atomic mass is 16.6. The largest absolute Gasteiger partial charge is 0.444 e. The summed E-state index contributed by atoms with van der Waals surface area (Å²) >= 11 is 0. The second kappa shape index (κ2) is 6.55. The predicted molar refractivity (Wildman–Crippen MR) is 88.3 cm³/mol. The Morgan fingerprint density at radius 2 is 2.09 bits per heavy atom. The van der Waals surface area contributed by atoms with Crippen molar-refractivity contribution in [3.63, 3.8) is 0 Å². The highest BCUT2D eigenvalue weighted by Crippen LogP contribution is 2.27. The first kappa shape index (κ1) is 16.6. The molecule has 1 saturated heterocycles. The fourth-order valence-electron chi connectivity index (χ4n) is 2.63. The summed E-state index contributed by atoms with van der Waals surface area (Å²) < 4.78 is 5.48. The summed E-state index contributed by atoms with van der Waals surface area (Å²) in [4.78, 5) is 20.8. The lowest BCUT2D eigenvalue weighted by molar-refractivity contribution is 0.0197. The molecule has 0 radical (unpaired) electrons. The van der Waals surface area contributed by atoms with Crippen LogP contribution in [0.3, 0.4) is 0 Å². The third-order valence-electron chi connectivity index (χ3n) is 3.71. The van der Waals surface area contributed by atoms with E-state index in [0.717, 1.165) is 30.9 Å². The second-order valence-corrected chi connectivity index (χ2v) is 7.08. The average Bonchev–Trinajstić information content (AvgIpc) is 2.46. The second-order valence-electron chi connectivity index (χ2n) is 7.08. The quantitative estimate of drug-likeness (QED) is 0.841. The summed E-state index contributed by atoms with van der Waals surface area (Å²) in [5, 5.41) is 0. The van der Waals surface area contributed by atoms with Crippen molar-refractivity contribution in [3.8, 4) is 0 Å². The van der Waals surface area contributed by atoms with E-state index >= 15 is 0 Å². The van der Waals surface area contributed by atoms with Gasteiger partial charge in [-0.2, -0.15) is 0 Å². The third kappa shape index (κ3) is 4.36. The van der Waals surface area contributed by atoms with Crippen molar-refractivity contribution >= 4 is 11.9 Å². The van der Waals surface area contributed by atoms with Gasteiger partial charge >= 0.3 is 6.09 Å². The number of pyridine rings is 1. The summed E-state index contributed by atoms with van der Waals surface area (Å²) in [5.41, 5.74) is 0.604. The van der Waals surface area contributed by atoms with E-state index in [1.807, 2.05) is 56.8 Å². The Balaban J connectivity index is 2.07. The van der Waals surface area contributed by atoms with Crippen LogP contribution in [-0.2, 0) is 4.74 Å². The van der Waals surface area contributed by atoms with E-state index in [2.05, 4.69) is 6.07 Å². The number of piperidine rings is 1. The molecule has 5 heteroatoms. The van der Waals surface area contributed by atoms with Crippen molar-refractivity contribution in [1.29, 1.82) is 0 Å². The zero-order valence-corrected chi connectivity index (χ0v) is 14.3. The molecule has 0 unspecified atom stereocenters. The summed E-state index contributed by atoms with van der Waals surface area (Å²) in [5.74, 6) is 1.23. The number of rotatable bonds is 2. The fourth-order valence-corrected chi connectivity index (χ4v) is 2.63. The van der Waals surface area contributed by atoms with Crippen LogP contribution in [0.1, 0.15) is 45.2 Å². The smallest absolute Gasteiger partial charge is 0.410 e. The predicted octanol–water partition coefficient (Wildman–Crippen LogP) is 3.26. The molecule has 0 aliphatic carbocycles. The molecular formula is C17H27N3O2. The van der Waals surface area contributed by atoms with Gasteiger partial charge in [-0.05, 0) is 45.7 Å². The summed E-state index contributed by atoms with van der Waals surface area (Å²) in [6, 6.07) is 6.08. The third-order valence-corrected chi connectivity index (χ3v) is 3.71. The molecule has 1 aliphatic heterocycles. The normalized spacial score (nSPS) is 19.0. The van der Waals surface area contributed by atoms with Crippen molar-refractivity contribution in [2.24, 2.45) is 0 Å². The van der Waals surface area contributed by atoms with Crippen LogP contribution in [0.25, 0.3) is 0 Å². The number of hydrogen-bond acceptors (Lipinski definition) is 4. The van der Waals surface area contributed by atoms with Crippen LogP contribution >= 0.6 is 0 Å². The van der Waals surface area contributed by atoms with Crippen molar-refractivity contribution in [2.45, 2.75) is 45.1 Å². The van der Waals surface area contributed by atoms with Crippen molar-refractivity contribution in [2.75, 3.05) is 32.1 Å². The number of aromatic nitrogens is 1. The molecule has 1 amide bonds. The van der Waals surface area contributed by atoms with Gasteiger partial charge in [0.2, 0.25) is 0 Å². The summed E-state index contributed by atoms with van der Waals surface area (Å²) in [7, 11) is 3.97. The zero-order valence-electron chi connectivity index (χ0n) is 14.3. The molecule has 2 heterocycles. The maximum Gasteiger partial charge on any atom is 0.410 e. The molecule has 0 spiro atoms. The van der Waals surface area contributed by atoms with E-state index in [-0.39, 0.29) is 12.0 Å². The summed E-state index contributed by atoms with van der Waals surface area (Å²) in [6.45, 7) is 7.13. The minimum Gasteiger partial charge on any atom is -0.444 e. The van der Waals surface area contributed by atoms with Crippen LogP contribution < -0.4 is 4.90 Å². The van der Waals surface area contributed by atoms with Gasteiger partial charge in [0.1, 0.15) is 11.4 Å². The van der Waals surface area contributed by atoms with Gasteiger partial charge in [0, 0.05) is 38.8 Å². The molecule has 1 atom stereocenters. The maximum absolute atomic E-state index is 12.2. The van der Waals surface area contributed by atoms with Crippen molar-refractivity contribution < 1.29 is 9.53 Å². The Morgan fingerprint density at radius 3 is 2.73 bits per heavy atom. The van der Waals surface area contributed by atoms with Crippen molar-refractivity contribution in [3.05, 3.63) is 23.9 Å². The molecule has 1 fully saturated rings. The van der Waals surface area contributed by atoms with Crippen LogP contribution in [0.5, 0.6) is 0 Å². The highest BCUT2D eigenvalue weighted by Gasteiger charge is 2.29. The van der Waals surface area contributed by atoms with Gasteiger partial charge in [0.05, 0.1) is 0 Å². The molecule has 2 rings (SSSR count). The SMILES string of the molecule is CN(C)c1cccc([C@H]2CCCN(C(=O)OC(C)(C)C)C2)n1. The first-order valence-corrected chi connectivity index (χ1v) is 7.88. The maximum atomic E-state index is 12.2. The highest BCUT2D eigenvalue weighted by molar-refractivity contribution is 5.68. The van der Waals surface area contributed by atoms with Gasteiger partial charge in [-0.25, -0.2) is 9.78 Å². The first-order chi connectivity index (χ1) is 10.3. The van der Waals surface area contributed by atoms with E-state index in [1.54, 1.807) is 0 Å². The van der Waals surface area contributed by atoms with Gasteiger partial charge < -0.3 is 14.5 Å². The number of hydrogen-bond donors (Lipinski definition) is 0. The number of ether oxygens (including phenoxy) is 1. The van der Waals surface area contributed by atoms with Crippen LogP contribution in [0.4, 0.5) is 10.6 Å². The number of anilines is 1. The Hall–Kier alpha value is -1.78. The zero-order chi connectivity index (χ0) is 16.3. The molecule has 1 aromatic rings. The minimum absolute atomic E-state index is 0.221. The fraction of sp³-hybridized carbons (Fsp3) is 0.647. The van der Waals surface area contributed by atoms with Gasteiger partial charge in [0.25, 0.3) is 0 Å². The standard InChI is InChI=1S/C17H27N3O2/c1-17(2,3)22-16(21)20-11-7-8-13(12-20)14-9-6-10-15(18-14)19(4)5/h6,9-10,13H,7-8,11-12H2,1-5H3/t13-/m0/s1. The van der Waals surface area contributed by atoms with Crippen LogP contribution in [0.15, 0.2) is 18.2 Å². The number of likely N-dealkylation sites (tertiary alicyclic amines) is 1. The van der Waals surface area contributed by atoms with E-state index < -0.39 is 5.60 Å². The van der Waals surface area contributed by atoms with Crippen LogP contribution in [0, 0.1) is 0 Å². The molecule has 1 aromatic heterocycles. The van der Waals surface area contributed by atoms with E-state index in [0.29, 0.717) is 6.54 Å². The van der Waals surface area contributed by atoms with E-state index in [9.17, 15) is 4.79 Å². The van der Waals surface area contributed by atoms with Gasteiger partial charge in [-0.15, -0.1) is 0 Å². The van der Waals surface area contributed by atoms with E-state index in [4.69, 9.17) is 9.72 Å². The molecule has 0 saturated carbocycles. The number of amides is 1. The first-order valence-electron chi connectivity index (χ1n) is 7.88. The van der Waals surface area contributed by atoms with E-state index in [1.165, 1.54) is 0 Å². The molecule has 22 heavy (non-hydrogen) atoms. The number of carbonyl (C=O) groups is 1. The minimum atomic E-state index is -0.451. The molecule has 122 valence electrons. The Morgan fingerprint density at radius 1 is 1.36 bits per heavy atom. The van der Waals surface area contributed by atoms with Gasteiger partial charge in [0.15, 0.2) is 0 Å². The molecule has 0 bridgehead atoms. The van der Waals surface area contributed by atoms with Gasteiger partial charge in [-0.1, -0.05) is 6.07 Å². The van der Waals surface area contributed by atoms with Crippen LogP contribution in [-0.4, -0.2) is 48.8 Å². The van der Waals surface area contributed by atoms with Crippen molar-refractivity contribution in [1.82, 2.24) is 9.88 Å². The lowest BCUT2D eigenvalue weighted by Crippen LogP contribution is -2.42. The molecule has 0 aromatic carbocycles. The molecule has 1 aliphatic rings. The summed E-state index contributed by atoms with van der Waals surface area (Å²) in [6.07, 6.45) is 1.82. The van der Waals surface area contributed by atoms with Gasteiger partial charge in [-0.3, -0.25) is 0 Å². The molecule has 0 N–H and O–H groups in total. The number of nitrogens with zero attached hydrogens (tertiary/aromatic N) is 3. The molecule has 5 nitrogen and oxygen atoms in total. The topological polar surface area (TPSA) is 45.7 Å². The lowest BCUT2D eigenvalue weighted by Gasteiger charge is -2.34. The monoisotopic (exact) mass is 305 g/mol. The average molecular weight is 305 g/mol. The lowest BCUT2D eigenvalue weighted by atomic mass is 9.94. The van der Waals surface area contributed by atoms with Crippen LogP contribution in [0.2, 0.25) is 0 Å². The Kier molecular flexibility index (Phi) is 4.94. The Bertz CT molecular complexity index is 523. The molecular weight excluding hydrogens is 278 g/mol. The number of carbonyl (C=O) groups excluding carboxylic acids is 1.